The van der Waals surface area contributed by atoms with Gasteiger partial charge in [-0.1, -0.05) is 35.0 Å². The average Bonchev–Trinajstić information content (AvgIpc) is 3.00. The molecule has 5 nitrogen and oxygen atoms in total. The summed E-state index contributed by atoms with van der Waals surface area (Å²) in [6, 6.07) is 10.1. The molecular weight excluding hydrogens is 292 g/mol. The molecule has 0 spiro atoms. The summed E-state index contributed by atoms with van der Waals surface area (Å²) >= 11 is 0. The number of hydrogen-bond donors (Lipinski definition) is 1. The molecule has 2 aromatic rings. The van der Waals surface area contributed by atoms with Gasteiger partial charge in [-0.15, -0.1) is 0 Å². The maximum absolute atomic E-state index is 12.1. The van der Waals surface area contributed by atoms with Gasteiger partial charge in [-0.3, -0.25) is 4.79 Å². The van der Waals surface area contributed by atoms with E-state index in [0.717, 1.165) is 19.4 Å². The van der Waals surface area contributed by atoms with Gasteiger partial charge < -0.3 is 14.6 Å². The van der Waals surface area contributed by atoms with Gasteiger partial charge in [0, 0.05) is 25.1 Å². The average molecular weight is 314 g/mol. The van der Waals surface area contributed by atoms with Gasteiger partial charge in [0.15, 0.2) is 0 Å². The van der Waals surface area contributed by atoms with E-state index in [9.17, 15) is 4.79 Å². The Kier molecular flexibility index (Phi) is 4.76. The van der Waals surface area contributed by atoms with E-state index in [1.165, 1.54) is 11.1 Å². The summed E-state index contributed by atoms with van der Waals surface area (Å²) < 4.78 is 11.0. The van der Waals surface area contributed by atoms with Gasteiger partial charge >= 0.3 is 0 Å². The Hall–Kier alpha value is -2.14. The molecule has 1 amide bonds. The van der Waals surface area contributed by atoms with Crippen LogP contribution in [0.5, 0.6) is 0 Å². The second kappa shape index (κ2) is 6.96. The minimum absolute atomic E-state index is 0.0288. The molecule has 0 bridgehead atoms. The van der Waals surface area contributed by atoms with Crippen molar-refractivity contribution in [2.45, 2.75) is 32.8 Å². The fourth-order valence-electron chi connectivity index (χ4n) is 2.96. The third-order valence-corrected chi connectivity index (χ3v) is 4.23. The second-order valence-electron chi connectivity index (χ2n) is 6.15. The van der Waals surface area contributed by atoms with Crippen molar-refractivity contribution in [3.05, 3.63) is 52.9 Å². The number of carbonyl (C=O) groups excluding carboxylic acids is 1. The van der Waals surface area contributed by atoms with Crippen LogP contribution in [0.3, 0.4) is 0 Å². The van der Waals surface area contributed by atoms with Crippen molar-refractivity contribution in [2.75, 3.05) is 13.2 Å². The molecule has 3 rings (SSSR count). The Bertz CT molecular complexity index is 663. The molecular formula is C18H22N2O3. The minimum Gasteiger partial charge on any atom is -0.373 e. The van der Waals surface area contributed by atoms with E-state index in [1.54, 1.807) is 13.0 Å². The third kappa shape index (κ3) is 3.79. The van der Waals surface area contributed by atoms with Crippen LogP contribution >= 0.6 is 0 Å². The maximum Gasteiger partial charge on any atom is 0.289 e. The molecule has 122 valence electrons. The molecule has 0 aliphatic carbocycles. The number of aryl methyl sites for hydroxylation is 2. The topological polar surface area (TPSA) is 64.4 Å². The summed E-state index contributed by atoms with van der Waals surface area (Å²) in [5, 5.41) is 6.68. The van der Waals surface area contributed by atoms with Gasteiger partial charge in [0.25, 0.3) is 5.91 Å². The van der Waals surface area contributed by atoms with Crippen molar-refractivity contribution in [3.63, 3.8) is 0 Å². The van der Waals surface area contributed by atoms with Crippen LogP contribution in [0.2, 0.25) is 0 Å². The molecule has 1 aliphatic rings. The maximum atomic E-state index is 12.1. The van der Waals surface area contributed by atoms with Gasteiger partial charge in [0.1, 0.15) is 0 Å². The lowest BCUT2D eigenvalue weighted by atomic mass is 9.89. The lowest BCUT2D eigenvalue weighted by Crippen LogP contribution is -2.35. The van der Waals surface area contributed by atoms with Crippen molar-refractivity contribution >= 4 is 5.91 Å². The van der Waals surface area contributed by atoms with Crippen LogP contribution in [-0.2, 0) is 4.74 Å². The monoisotopic (exact) mass is 314 g/mol. The smallest absolute Gasteiger partial charge is 0.289 e. The normalized spacial score (nSPS) is 21.1. The predicted octanol–water partition coefficient (Wildman–Crippen LogP) is 3.19. The highest BCUT2D eigenvalue weighted by molar-refractivity contribution is 5.91. The van der Waals surface area contributed by atoms with E-state index in [4.69, 9.17) is 9.26 Å². The molecule has 2 atom stereocenters. The fraction of sp³-hybridized carbons (Fsp3) is 0.444. The number of benzene rings is 1. The molecule has 1 fully saturated rings. The number of amides is 1. The zero-order chi connectivity index (χ0) is 16.2. The molecule has 1 aromatic heterocycles. The summed E-state index contributed by atoms with van der Waals surface area (Å²) in [4.78, 5) is 12.1. The van der Waals surface area contributed by atoms with Gasteiger partial charge in [0.05, 0.1) is 11.8 Å². The molecule has 1 N–H and O–H groups in total. The number of rotatable bonds is 4. The van der Waals surface area contributed by atoms with Crippen LogP contribution in [0.25, 0.3) is 0 Å². The van der Waals surface area contributed by atoms with Crippen molar-refractivity contribution in [2.24, 2.45) is 5.92 Å². The first-order valence-electron chi connectivity index (χ1n) is 8.03. The highest BCUT2D eigenvalue weighted by atomic mass is 16.5. The zero-order valence-corrected chi connectivity index (χ0v) is 13.5. The summed E-state index contributed by atoms with van der Waals surface area (Å²) in [7, 11) is 0. The van der Waals surface area contributed by atoms with E-state index in [0.29, 0.717) is 12.2 Å². The number of nitrogens with zero attached hydrogens (tertiary/aromatic N) is 1. The van der Waals surface area contributed by atoms with Gasteiger partial charge in [-0.25, -0.2) is 0 Å². The first-order chi connectivity index (χ1) is 11.1. The lowest BCUT2D eigenvalue weighted by Gasteiger charge is -2.32. The van der Waals surface area contributed by atoms with E-state index in [1.807, 2.05) is 0 Å². The number of aromatic nitrogens is 1. The van der Waals surface area contributed by atoms with E-state index >= 15 is 0 Å². The SMILES string of the molecule is Cc1ccc([C@@H]2OCCC[C@H]2CNC(=O)c2cc(C)no2)cc1. The molecule has 0 saturated carbocycles. The fourth-order valence-corrected chi connectivity index (χ4v) is 2.96. The first kappa shape index (κ1) is 15.7. The highest BCUT2D eigenvalue weighted by Crippen LogP contribution is 2.33. The molecule has 0 radical (unpaired) electrons. The quantitative estimate of drug-likeness (QED) is 0.941. The first-order valence-corrected chi connectivity index (χ1v) is 8.03. The van der Waals surface area contributed by atoms with Crippen LogP contribution in [-0.4, -0.2) is 24.2 Å². The minimum atomic E-state index is -0.223. The number of ether oxygens (including phenoxy) is 1. The van der Waals surface area contributed by atoms with E-state index < -0.39 is 0 Å². The van der Waals surface area contributed by atoms with Crippen molar-refractivity contribution in [1.29, 1.82) is 0 Å². The van der Waals surface area contributed by atoms with E-state index in [-0.39, 0.29) is 23.7 Å². The third-order valence-electron chi connectivity index (χ3n) is 4.23. The lowest BCUT2D eigenvalue weighted by molar-refractivity contribution is -0.0273. The summed E-state index contributed by atoms with van der Waals surface area (Å²) in [6.45, 7) is 5.20. The van der Waals surface area contributed by atoms with Gasteiger partial charge in [0.2, 0.25) is 5.76 Å². The summed E-state index contributed by atoms with van der Waals surface area (Å²) in [5.74, 6) is 0.296. The van der Waals surface area contributed by atoms with Crippen LogP contribution in [0.15, 0.2) is 34.9 Å². The molecule has 2 heterocycles. The van der Waals surface area contributed by atoms with Crippen LogP contribution in [0.1, 0.15) is 46.3 Å². The largest absolute Gasteiger partial charge is 0.373 e. The van der Waals surface area contributed by atoms with E-state index in [2.05, 4.69) is 41.7 Å². The molecule has 1 aromatic carbocycles. The summed E-state index contributed by atoms with van der Waals surface area (Å²) in [6.07, 6.45) is 2.08. The number of carbonyl (C=O) groups is 1. The van der Waals surface area contributed by atoms with Gasteiger partial charge in [-0.2, -0.15) is 0 Å². The van der Waals surface area contributed by atoms with Crippen LogP contribution < -0.4 is 5.32 Å². The molecule has 5 heteroatoms. The Morgan fingerprint density at radius 2 is 2.09 bits per heavy atom. The molecule has 1 saturated heterocycles. The van der Waals surface area contributed by atoms with Crippen molar-refractivity contribution in [1.82, 2.24) is 10.5 Å². The highest BCUT2D eigenvalue weighted by Gasteiger charge is 2.28. The standard InChI is InChI=1S/C18H22N2O3/c1-12-5-7-14(8-6-12)17-15(4-3-9-22-17)11-19-18(21)16-10-13(2)20-23-16/h5-8,10,15,17H,3-4,9,11H2,1-2H3,(H,19,21)/t15-,17-/m0/s1. The second-order valence-corrected chi connectivity index (χ2v) is 6.15. The number of nitrogens with one attached hydrogen (secondary N) is 1. The van der Waals surface area contributed by atoms with Crippen molar-refractivity contribution in [3.8, 4) is 0 Å². The van der Waals surface area contributed by atoms with Crippen molar-refractivity contribution < 1.29 is 14.1 Å². The zero-order valence-electron chi connectivity index (χ0n) is 13.5. The van der Waals surface area contributed by atoms with Gasteiger partial charge in [-0.05, 0) is 32.3 Å². The Balaban J connectivity index is 1.64. The Morgan fingerprint density at radius 1 is 1.30 bits per heavy atom. The predicted molar refractivity (Wildman–Crippen MR) is 86.2 cm³/mol. The molecule has 0 unspecified atom stereocenters. The Labute approximate surface area is 136 Å². The van der Waals surface area contributed by atoms with Crippen LogP contribution in [0, 0.1) is 19.8 Å². The number of hydrogen-bond acceptors (Lipinski definition) is 4. The Morgan fingerprint density at radius 3 is 2.78 bits per heavy atom. The molecule has 1 aliphatic heterocycles. The summed E-state index contributed by atoms with van der Waals surface area (Å²) in [5.41, 5.74) is 3.11. The molecule has 23 heavy (non-hydrogen) atoms. The van der Waals surface area contributed by atoms with Crippen LogP contribution in [0.4, 0.5) is 0 Å².